The monoisotopic (exact) mass is 440 g/mol. The van der Waals surface area contributed by atoms with Crippen molar-refractivity contribution in [3.63, 3.8) is 0 Å². The van der Waals surface area contributed by atoms with Crippen molar-refractivity contribution in [3.05, 3.63) is 99.4 Å². The van der Waals surface area contributed by atoms with E-state index in [9.17, 15) is 4.79 Å². The molecule has 1 N–H and O–H groups in total. The van der Waals surface area contributed by atoms with Gasteiger partial charge in [0.25, 0.3) is 11.6 Å². The summed E-state index contributed by atoms with van der Waals surface area (Å²) in [5, 5.41) is 3.23. The standard InChI is InChI=1S/C26H24N4O3/c1-5-32-16-19-8-7-18(3)22(12-19)29-26-28-14-24(33-26)20-9-10-21(27-4)23(13-20)30-15-17(2)6-11-25(30)31/h6-15H,5,16H2,1-3H3,(H,28,29). The number of nitrogens with zero attached hydrogens (tertiary/aromatic N) is 3. The molecular formula is C26H24N4O3. The van der Waals surface area contributed by atoms with Crippen molar-refractivity contribution in [2.24, 2.45) is 0 Å². The van der Waals surface area contributed by atoms with Gasteiger partial charge in [-0.1, -0.05) is 30.3 Å². The molecule has 0 saturated heterocycles. The maximum atomic E-state index is 12.4. The molecular weight excluding hydrogens is 416 g/mol. The molecule has 2 aromatic carbocycles. The molecule has 4 rings (SSSR count). The number of anilines is 2. The molecule has 7 nitrogen and oxygen atoms in total. The van der Waals surface area contributed by atoms with Crippen LogP contribution in [-0.4, -0.2) is 16.2 Å². The second-order valence-electron chi connectivity index (χ2n) is 7.67. The molecule has 0 saturated carbocycles. The SMILES string of the molecule is [C-]#[N+]c1ccc(-c2cnc(Nc3cc(COCC)ccc3C)o2)cc1-n1cc(C)ccc1=O. The van der Waals surface area contributed by atoms with E-state index < -0.39 is 0 Å². The Hall–Kier alpha value is -4.15. The van der Waals surface area contributed by atoms with Gasteiger partial charge in [0.05, 0.1) is 25.1 Å². The zero-order valence-corrected chi connectivity index (χ0v) is 18.8. The smallest absolute Gasteiger partial charge is 0.299 e. The normalized spacial score (nSPS) is 10.7. The Morgan fingerprint density at radius 2 is 2.00 bits per heavy atom. The minimum atomic E-state index is -0.204. The number of rotatable bonds is 7. The molecule has 0 aliphatic rings. The molecule has 2 heterocycles. The van der Waals surface area contributed by atoms with Crippen molar-refractivity contribution in [2.75, 3.05) is 11.9 Å². The van der Waals surface area contributed by atoms with Gasteiger partial charge >= 0.3 is 0 Å². The van der Waals surface area contributed by atoms with Crippen LogP contribution in [0.3, 0.4) is 0 Å². The van der Waals surface area contributed by atoms with E-state index in [0.717, 1.165) is 22.4 Å². The number of pyridine rings is 1. The molecule has 33 heavy (non-hydrogen) atoms. The minimum absolute atomic E-state index is 0.204. The quantitative estimate of drug-likeness (QED) is 0.360. The van der Waals surface area contributed by atoms with E-state index in [1.165, 1.54) is 10.6 Å². The Morgan fingerprint density at radius 1 is 1.15 bits per heavy atom. The maximum Gasteiger partial charge on any atom is 0.299 e. The van der Waals surface area contributed by atoms with Crippen molar-refractivity contribution >= 4 is 17.4 Å². The van der Waals surface area contributed by atoms with Crippen LogP contribution < -0.4 is 10.9 Å². The first-order valence-corrected chi connectivity index (χ1v) is 10.6. The lowest BCUT2D eigenvalue weighted by atomic mass is 10.1. The summed E-state index contributed by atoms with van der Waals surface area (Å²) in [5.41, 5.74) is 5.31. The number of aromatic nitrogens is 2. The second-order valence-corrected chi connectivity index (χ2v) is 7.67. The van der Waals surface area contributed by atoms with E-state index in [4.69, 9.17) is 15.7 Å². The number of oxazole rings is 1. The van der Waals surface area contributed by atoms with Crippen molar-refractivity contribution in [1.29, 1.82) is 0 Å². The fraction of sp³-hybridized carbons (Fsp3) is 0.192. The van der Waals surface area contributed by atoms with E-state index in [-0.39, 0.29) is 5.56 Å². The van der Waals surface area contributed by atoms with Crippen molar-refractivity contribution in [3.8, 4) is 17.0 Å². The third kappa shape index (κ3) is 4.86. The molecule has 0 aliphatic carbocycles. The molecule has 0 spiro atoms. The molecule has 0 aliphatic heterocycles. The highest BCUT2D eigenvalue weighted by molar-refractivity contribution is 5.71. The zero-order chi connectivity index (χ0) is 23.4. The maximum absolute atomic E-state index is 12.4. The van der Waals surface area contributed by atoms with Gasteiger partial charge in [-0.05, 0) is 49.6 Å². The van der Waals surface area contributed by atoms with Gasteiger partial charge in [-0.15, -0.1) is 0 Å². The van der Waals surface area contributed by atoms with Crippen LogP contribution in [-0.2, 0) is 11.3 Å². The number of nitrogens with one attached hydrogen (secondary N) is 1. The van der Waals surface area contributed by atoms with Crippen LogP contribution in [0.5, 0.6) is 0 Å². The largest absolute Gasteiger partial charge is 0.423 e. The van der Waals surface area contributed by atoms with Crippen LogP contribution in [0.15, 0.2) is 70.1 Å². The summed E-state index contributed by atoms with van der Waals surface area (Å²) in [7, 11) is 0. The van der Waals surface area contributed by atoms with Gasteiger partial charge in [-0.25, -0.2) is 9.83 Å². The predicted molar refractivity (Wildman–Crippen MR) is 128 cm³/mol. The molecule has 7 heteroatoms. The van der Waals surface area contributed by atoms with Crippen LogP contribution in [0.2, 0.25) is 0 Å². The third-order valence-electron chi connectivity index (χ3n) is 5.22. The average molecular weight is 441 g/mol. The minimum Gasteiger partial charge on any atom is -0.423 e. The first-order chi connectivity index (χ1) is 16.0. The molecule has 0 unspecified atom stereocenters. The molecule has 0 radical (unpaired) electrons. The lowest BCUT2D eigenvalue weighted by Gasteiger charge is -2.10. The third-order valence-corrected chi connectivity index (χ3v) is 5.22. The second kappa shape index (κ2) is 9.55. The highest BCUT2D eigenvalue weighted by atomic mass is 16.5. The topological polar surface area (TPSA) is 73.7 Å². The lowest BCUT2D eigenvalue weighted by molar-refractivity contribution is 0.134. The highest BCUT2D eigenvalue weighted by Gasteiger charge is 2.13. The van der Waals surface area contributed by atoms with Crippen molar-refractivity contribution in [2.45, 2.75) is 27.4 Å². The Kier molecular flexibility index (Phi) is 6.38. The van der Waals surface area contributed by atoms with Crippen LogP contribution in [0.4, 0.5) is 17.4 Å². The zero-order valence-electron chi connectivity index (χ0n) is 18.8. The first kappa shape index (κ1) is 22.1. The Bertz CT molecular complexity index is 1400. The van der Waals surface area contributed by atoms with Gasteiger partial charge in [0.2, 0.25) is 5.69 Å². The molecule has 0 atom stereocenters. The summed E-state index contributed by atoms with van der Waals surface area (Å²) >= 11 is 0. The van der Waals surface area contributed by atoms with Crippen molar-refractivity contribution in [1.82, 2.24) is 9.55 Å². The number of ether oxygens (including phenoxy) is 1. The van der Waals surface area contributed by atoms with Crippen molar-refractivity contribution < 1.29 is 9.15 Å². The van der Waals surface area contributed by atoms with Crippen LogP contribution in [0.25, 0.3) is 21.9 Å². The van der Waals surface area contributed by atoms with Crippen LogP contribution in [0, 0.1) is 20.4 Å². The summed E-state index contributed by atoms with van der Waals surface area (Å²) in [4.78, 5) is 20.4. The molecule has 0 bridgehead atoms. The predicted octanol–water partition coefficient (Wildman–Crippen LogP) is 5.94. The molecule has 0 fully saturated rings. The molecule has 2 aromatic heterocycles. The van der Waals surface area contributed by atoms with Crippen LogP contribution in [0.1, 0.15) is 23.6 Å². The van der Waals surface area contributed by atoms with Gasteiger partial charge < -0.3 is 14.5 Å². The van der Waals surface area contributed by atoms with E-state index in [0.29, 0.717) is 41.9 Å². The summed E-state index contributed by atoms with van der Waals surface area (Å²) < 4.78 is 12.9. The van der Waals surface area contributed by atoms with Gasteiger partial charge in [0, 0.05) is 30.1 Å². The molecule has 0 amide bonds. The summed E-state index contributed by atoms with van der Waals surface area (Å²) in [5.74, 6) is 0.527. The molecule has 4 aromatic rings. The molecule has 166 valence electrons. The van der Waals surface area contributed by atoms with E-state index >= 15 is 0 Å². The van der Waals surface area contributed by atoms with E-state index in [2.05, 4.69) is 15.1 Å². The first-order valence-electron chi connectivity index (χ1n) is 10.6. The number of hydrogen-bond acceptors (Lipinski definition) is 5. The number of aryl methyl sites for hydroxylation is 2. The Balaban J connectivity index is 1.65. The highest BCUT2D eigenvalue weighted by Crippen LogP contribution is 2.31. The van der Waals surface area contributed by atoms with E-state index in [1.807, 2.05) is 39.0 Å². The Morgan fingerprint density at radius 3 is 2.79 bits per heavy atom. The van der Waals surface area contributed by atoms with Gasteiger partial charge in [0.15, 0.2) is 5.76 Å². The Labute approximate surface area is 192 Å². The fourth-order valence-corrected chi connectivity index (χ4v) is 3.44. The summed E-state index contributed by atoms with van der Waals surface area (Å²) in [6.07, 6.45) is 3.35. The number of benzene rings is 2. The van der Waals surface area contributed by atoms with Gasteiger partial charge in [-0.3, -0.25) is 9.36 Å². The lowest BCUT2D eigenvalue weighted by Crippen LogP contribution is -2.16. The average Bonchev–Trinajstić information content (AvgIpc) is 3.29. The summed E-state index contributed by atoms with van der Waals surface area (Å²) in [6, 6.07) is 14.9. The fourth-order valence-electron chi connectivity index (χ4n) is 3.44. The van der Waals surface area contributed by atoms with Gasteiger partial charge in [0.1, 0.15) is 0 Å². The summed E-state index contributed by atoms with van der Waals surface area (Å²) in [6.45, 7) is 14.6. The number of hydrogen-bond donors (Lipinski definition) is 1. The van der Waals surface area contributed by atoms with Crippen LogP contribution >= 0.6 is 0 Å². The van der Waals surface area contributed by atoms with E-state index in [1.54, 1.807) is 36.7 Å². The van der Waals surface area contributed by atoms with Gasteiger partial charge in [-0.2, -0.15) is 0 Å².